The molecule has 0 bridgehead atoms. The smallest absolute Gasteiger partial charge is 0.277 e. The first-order valence-electron chi connectivity index (χ1n) is 7.79. The van der Waals surface area contributed by atoms with Gasteiger partial charge in [-0.2, -0.15) is 0 Å². The van der Waals surface area contributed by atoms with Crippen LogP contribution in [-0.4, -0.2) is 21.7 Å². The van der Waals surface area contributed by atoms with Gasteiger partial charge in [0.15, 0.2) is 0 Å². The van der Waals surface area contributed by atoms with Crippen molar-refractivity contribution in [3.8, 4) is 0 Å². The standard InChI is InChI=1S/C18H15N3O2S2/c1-12(22)11-24-18-20-19-17(23-18)10-21-13-6-2-4-8-15(13)25-16-9-5-3-7-14(16)21/h2-9H,10-11H2,1H3. The second-order valence-corrected chi connectivity index (χ2v) is 7.59. The highest BCUT2D eigenvalue weighted by molar-refractivity contribution is 8.00. The van der Waals surface area contributed by atoms with E-state index in [1.165, 1.54) is 21.6 Å². The summed E-state index contributed by atoms with van der Waals surface area (Å²) in [6.45, 7) is 2.03. The number of anilines is 2. The number of aromatic nitrogens is 2. The number of benzene rings is 2. The molecule has 25 heavy (non-hydrogen) atoms. The predicted molar refractivity (Wildman–Crippen MR) is 98.6 cm³/mol. The molecule has 3 aromatic rings. The van der Waals surface area contributed by atoms with E-state index in [9.17, 15) is 4.79 Å². The third-order valence-corrected chi connectivity index (χ3v) is 5.77. The number of carbonyl (C=O) groups is 1. The van der Waals surface area contributed by atoms with E-state index in [1.807, 2.05) is 24.3 Å². The van der Waals surface area contributed by atoms with Crippen molar-refractivity contribution >= 4 is 40.7 Å². The Morgan fingerprint density at radius 1 is 1.08 bits per heavy atom. The average Bonchev–Trinajstić information content (AvgIpc) is 3.07. The fraction of sp³-hybridized carbons (Fsp3) is 0.167. The summed E-state index contributed by atoms with van der Waals surface area (Å²) in [6.07, 6.45) is 0. The third-order valence-electron chi connectivity index (χ3n) is 3.67. The maximum atomic E-state index is 11.1. The van der Waals surface area contributed by atoms with Gasteiger partial charge in [0.25, 0.3) is 5.22 Å². The highest BCUT2D eigenvalue weighted by Crippen LogP contribution is 2.48. The topological polar surface area (TPSA) is 59.2 Å². The Morgan fingerprint density at radius 2 is 1.72 bits per heavy atom. The van der Waals surface area contributed by atoms with Crippen molar-refractivity contribution < 1.29 is 9.21 Å². The Balaban J connectivity index is 1.63. The van der Waals surface area contributed by atoms with Gasteiger partial charge in [0.05, 0.1) is 17.1 Å². The molecule has 0 saturated heterocycles. The van der Waals surface area contributed by atoms with Crippen LogP contribution in [0.3, 0.4) is 0 Å². The zero-order valence-corrected chi connectivity index (χ0v) is 15.1. The molecule has 0 amide bonds. The van der Waals surface area contributed by atoms with Gasteiger partial charge in [-0.05, 0) is 31.2 Å². The average molecular weight is 369 g/mol. The number of carbonyl (C=O) groups excluding carboxylic acids is 1. The first-order chi connectivity index (χ1) is 12.2. The highest BCUT2D eigenvalue weighted by Gasteiger charge is 2.24. The number of hydrogen-bond acceptors (Lipinski definition) is 7. The predicted octanol–water partition coefficient (Wildman–Crippen LogP) is 4.55. The zero-order chi connectivity index (χ0) is 17.2. The minimum atomic E-state index is 0.0839. The normalized spacial score (nSPS) is 12.6. The van der Waals surface area contributed by atoms with E-state index in [-0.39, 0.29) is 5.78 Å². The van der Waals surface area contributed by atoms with E-state index >= 15 is 0 Å². The summed E-state index contributed by atoms with van der Waals surface area (Å²) < 4.78 is 5.71. The Hall–Kier alpha value is -2.25. The van der Waals surface area contributed by atoms with Gasteiger partial charge in [0, 0.05) is 9.79 Å². The molecule has 1 aromatic heterocycles. The molecule has 0 fully saturated rings. The van der Waals surface area contributed by atoms with Crippen molar-refractivity contribution in [1.82, 2.24) is 10.2 Å². The van der Waals surface area contributed by atoms with Crippen LogP contribution < -0.4 is 4.90 Å². The molecule has 126 valence electrons. The summed E-state index contributed by atoms with van der Waals surface area (Å²) in [5, 5.41) is 8.59. The fourth-order valence-corrected chi connectivity index (χ4v) is 4.29. The van der Waals surface area contributed by atoms with Gasteiger partial charge in [-0.25, -0.2) is 0 Å². The molecule has 1 aliphatic rings. The lowest BCUT2D eigenvalue weighted by Gasteiger charge is -2.31. The molecule has 0 saturated carbocycles. The van der Waals surface area contributed by atoms with Crippen LogP contribution >= 0.6 is 23.5 Å². The molecule has 0 unspecified atom stereocenters. The third kappa shape index (κ3) is 3.43. The van der Waals surface area contributed by atoms with Gasteiger partial charge in [-0.15, -0.1) is 10.2 Å². The molecule has 1 aliphatic heterocycles. The summed E-state index contributed by atoms with van der Waals surface area (Å²) >= 11 is 3.03. The molecule has 5 nitrogen and oxygen atoms in total. The van der Waals surface area contributed by atoms with Crippen LogP contribution in [-0.2, 0) is 11.3 Å². The molecule has 2 aromatic carbocycles. The minimum Gasteiger partial charge on any atom is -0.414 e. The maximum Gasteiger partial charge on any atom is 0.277 e. The van der Waals surface area contributed by atoms with E-state index in [1.54, 1.807) is 18.7 Å². The van der Waals surface area contributed by atoms with Crippen LogP contribution in [0.15, 0.2) is 68.0 Å². The van der Waals surface area contributed by atoms with Crippen LogP contribution in [0.4, 0.5) is 11.4 Å². The molecular weight excluding hydrogens is 354 g/mol. The van der Waals surface area contributed by atoms with Crippen molar-refractivity contribution in [1.29, 1.82) is 0 Å². The van der Waals surface area contributed by atoms with E-state index in [2.05, 4.69) is 39.4 Å². The van der Waals surface area contributed by atoms with E-state index in [0.717, 1.165) is 11.4 Å². The van der Waals surface area contributed by atoms with Crippen molar-refractivity contribution in [2.45, 2.75) is 28.5 Å². The molecule has 7 heteroatoms. The molecule has 0 atom stereocenters. The molecule has 4 rings (SSSR count). The summed E-state index contributed by atoms with van der Waals surface area (Å²) in [7, 11) is 0. The van der Waals surface area contributed by atoms with E-state index in [0.29, 0.717) is 23.4 Å². The number of nitrogens with zero attached hydrogens (tertiary/aromatic N) is 3. The van der Waals surface area contributed by atoms with Crippen LogP contribution in [0.1, 0.15) is 12.8 Å². The fourth-order valence-electron chi connectivity index (χ4n) is 2.61. The number of thioether (sulfide) groups is 1. The second kappa shape index (κ2) is 6.93. The largest absolute Gasteiger partial charge is 0.414 e. The Labute approximate surface area is 153 Å². The molecule has 0 aliphatic carbocycles. The lowest BCUT2D eigenvalue weighted by molar-refractivity contribution is -0.114. The number of fused-ring (bicyclic) bond motifs is 2. The number of ketones is 1. The van der Waals surface area contributed by atoms with Crippen LogP contribution in [0.5, 0.6) is 0 Å². The quantitative estimate of drug-likeness (QED) is 0.611. The summed E-state index contributed by atoms with van der Waals surface area (Å²) in [5.41, 5.74) is 2.25. The minimum absolute atomic E-state index is 0.0839. The lowest BCUT2D eigenvalue weighted by atomic mass is 10.2. The first kappa shape index (κ1) is 16.2. The number of rotatable bonds is 5. The molecule has 2 heterocycles. The van der Waals surface area contributed by atoms with Crippen molar-refractivity contribution in [2.24, 2.45) is 0 Å². The van der Waals surface area contributed by atoms with Crippen LogP contribution in [0.25, 0.3) is 0 Å². The molecule has 0 spiro atoms. The first-order valence-corrected chi connectivity index (χ1v) is 9.59. The number of Topliss-reactive ketones (excluding diaryl/α,β-unsaturated/α-hetero) is 1. The molecule has 0 N–H and O–H groups in total. The van der Waals surface area contributed by atoms with Crippen molar-refractivity contribution in [2.75, 3.05) is 10.7 Å². The lowest BCUT2D eigenvalue weighted by Crippen LogP contribution is -2.20. The maximum absolute atomic E-state index is 11.1. The highest BCUT2D eigenvalue weighted by atomic mass is 32.2. The van der Waals surface area contributed by atoms with Crippen molar-refractivity contribution in [3.05, 3.63) is 54.4 Å². The number of hydrogen-bond donors (Lipinski definition) is 0. The summed E-state index contributed by atoms with van der Waals surface area (Å²) in [4.78, 5) is 15.7. The molecule has 0 radical (unpaired) electrons. The monoisotopic (exact) mass is 369 g/mol. The van der Waals surface area contributed by atoms with Gasteiger partial charge in [0.2, 0.25) is 5.89 Å². The Kier molecular flexibility index (Phi) is 4.50. The van der Waals surface area contributed by atoms with Crippen LogP contribution in [0, 0.1) is 0 Å². The van der Waals surface area contributed by atoms with Gasteiger partial charge in [0.1, 0.15) is 12.3 Å². The number of para-hydroxylation sites is 2. The Morgan fingerprint density at radius 3 is 2.36 bits per heavy atom. The summed E-state index contributed by atoms with van der Waals surface area (Å²) in [6, 6.07) is 16.6. The summed E-state index contributed by atoms with van der Waals surface area (Å²) in [5.74, 6) is 0.955. The SMILES string of the molecule is CC(=O)CSc1nnc(CN2c3ccccc3Sc3ccccc32)o1. The van der Waals surface area contributed by atoms with E-state index < -0.39 is 0 Å². The Bertz CT molecular complexity index is 880. The van der Waals surface area contributed by atoms with E-state index in [4.69, 9.17) is 4.42 Å². The van der Waals surface area contributed by atoms with Crippen molar-refractivity contribution in [3.63, 3.8) is 0 Å². The van der Waals surface area contributed by atoms with Crippen LogP contribution in [0.2, 0.25) is 0 Å². The zero-order valence-electron chi connectivity index (χ0n) is 13.5. The molecular formula is C18H15N3O2S2. The van der Waals surface area contributed by atoms with Gasteiger partial charge in [-0.1, -0.05) is 47.8 Å². The second-order valence-electron chi connectivity index (χ2n) is 5.58. The van der Waals surface area contributed by atoms with Gasteiger partial charge in [-0.3, -0.25) is 4.79 Å². The van der Waals surface area contributed by atoms with Gasteiger partial charge < -0.3 is 9.32 Å². The van der Waals surface area contributed by atoms with Gasteiger partial charge >= 0.3 is 0 Å².